The maximum Gasteiger partial charge on any atom is 0.290 e. The summed E-state index contributed by atoms with van der Waals surface area (Å²) < 4.78 is 32.7. The van der Waals surface area contributed by atoms with E-state index in [1.165, 1.54) is 23.3 Å². The van der Waals surface area contributed by atoms with Crippen molar-refractivity contribution >= 4 is 56.4 Å². The highest BCUT2D eigenvalue weighted by molar-refractivity contribution is 7.90. The Labute approximate surface area is 186 Å². The van der Waals surface area contributed by atoms with Crippen molar-refractivity contribution in [1.82, 2.24) is 9.62 Å². The third-order valence-corrected chi connectivity index (χ3v) is 7.79. The molecule has 4 rings (SSSR count). The van der Waals surface area contributed by atoms with Gasteiger partial charge in [0.1, 0.15) is 15.3 Å². The number of benzene rings is 1. The van der Waals surface area contributed by atoms with E-state index in [-0.39, 0.29) is 32.3 Å². The molecule has 2 amide bonds. The average Bonchev–Trinajstić information content (AvgIpc) is 3.36. The van der Waals surface area contributed by atoms with Crippen LogP contribution in [0.25, 0.3) is 0 Å². The van der Waals surface area contributed by atoms with E-state index in [2.05, 4.69) is 0 Å². The molecular weight excluding hydrogens is 471 g/mol. The third kappa shape index (κ3) is 3.98. The molecular formula is C19H14Cl2N2O5S2. The SMILES string of the molecule is O=C(NS(=O)(=O)c1cc(Cl)sc1Cl)C1Cc2ccccc2CN1C(=O)c1ccco1. The quantitative estimate of drug-likeness (QED) is 0.608. The molecule has 0 saturated carbocycles. The number of sulfonamides is 1. The summed E-state index contributed by atoms with van der Waals surface area (Å²) in [6, 6.07) is 10.5. The van der Waals surface area contributed by atoms with Gasteiger partial charge in [0.2, 0.25) is 0 Å². The zero-order valence-corrected chi connectivity index (χ0v) is 18.3. The molecule has 0 aliphatic carbocycles. The Kier molecular flexibility index (Phi) is 5.63. The molecule has 1 atom stereocenters. The number of halogens is 2. The largest absolute Gasteiger partial charge is 0.459 e. The zero-order valence-electron chi connectivity index (χ0n) is 15.2. The molecule has 0 bridgehead atoms. The average molecular weight is 485 g/mol. The molecule has 1 unspecified atom stereocenters. The van der Waals surface area contributed by atoms with Gasteiger partial charge in [-0.2, -0.15) is 0 Å². The fraction of sp³-hybridized carbons (Fsp3) is 0.158. The van der Waals surface area contributed by atoms with Gasteiger partial charge < -0.3 is 9.32 Å². The second-order valence-electron chi connectivity index (χ2n) is 6.56. The summed E-state index contributed by atoms with van der Waals surface area (Å²) in [6.07, 6.45) is 1.51. The Bertz CT molecular complexity index is 1220. The monoisotopic (exact) mass is 484 g/mol. The molecule has 0 fully saturated rings. The van der Waals surface area contributed by atoms with Crippen LogP contribution in [0.1, 0.15) is 21.7 Å². The number of amides is 2. The highest BCUT2D eigenvalue weighted by Gasteiger charge is 2.38. The van der Waals surface area contributed by atoms with E-state index in [1.54, 1.807) is 6.07 Å². The van der Waals surface area contributed by atoms with Crippen LogP contribution in [-0.2, 0) is 27.8 Å². The van der Waals surface area contributed by atoms with E-state index >= 15 is 0 Å². The van der Waals surface area contributed by atoms with Gasteiger partial charge in [-0.25, -0.2) is 13.1 Å². The van der Waals surface area contributed by atoms with Crippen molar-refractivity contribution in [2.75, 3.05) is 0 Å². The van der Waals surface area contributed by atoms with Gasteiger partial charge in [0.05, 0.1) is 10.6 Å². The van der Waals surface area contributed by atoms with Gasteiger partial charge in [0.15, 0.2) is 5.76 Å². The van der Waals surface area contributed by atoms with Crippen molar-refractivity contribution in [2.24, 2.45) is 0 Å². The number of nitrogens with zero attached hydrogens (tertiary/aromatic N) is 1. The van der Waals surface area contributed by atoms with Crippen LogP contribution in [0.5, 0.6) is 0 Å². The lowest BCUT2D eigenvalue weighted by Crippen LogP contribution is -2.53. The number of furan rings is 1. The number of hydrogen-bond acceptors (Lipinski definition) is 6. The number of fused-ring (bicyclic) bond motifs is 1. The maximum absolute atomic E-state index is 13.0. The summed E-state index contributed by atoms with van der Waals surface area (Å²) >= 11 is 12.6. The standard InChI is InChI=1S/C19H14Cl2N2O5S2/c20-16-9-15(17(21)29-16)30(26,27)22-18(24)13-8-11-4-1-2-5-12(11)10-23(13)19(25)14-6-3-7-28-14/h1-7,9,13H,8,10H2,(H,22,24). The summed E-state index contributed by atoms with van der Waals surface area (Å²) in [6.45, 7) is 0.138. The molecule has 1 aromatic carbocycles. The Morgan fingerprint density at radius 2 is 1.87 bits per heavy atom. The lowest BCUT2D eigenvalue weighted by atomic mass is 9.93. The van der Waals surface area contributed by atoms with Crippen LogP contribution >= 0.6 is 34.5 Å². The Morgan fingerprint density at radius 3 is 2.50 bits per heavy atom. The minimum absolute atomic E-state index is 0.0576. The smallest absolute Gasteiger partial charge is 0.290 e. The van der Waals surface area contributed by atoms with Crippen molar-refractivity contribution < 1.29 is 22.4 Å². The molecule has 1 aliphatic heterocycles. The number of carbonyl (C=O) groups excluding carboxylic acids is 2. The van der Waals surface area contributed by atoms with Gasteiger partial charge in [0.25, 0.3) is 21.8 Å². The van der Waals surface area contributed by atoms with Crippen molar-refractivity contribution in [3.63, 3.8) is 0 Å². The predicted molar refractivity (Wildman–Crippen MR) is 112 cm³/mol. The fourth-order valence-electron chi connectivity index (χ4n) is 3.28. The summed E-state index contributed by atoms with van der Waals surface area (Å²) in [7, 11) is -4.27. The van der Waals surface area contributed by atoms with Crippen molar-refractivity contribution in [3.8, 4) is 0 Å². The Balaban J connectivity index is 1.66. The summed E-state index contributed by atoms with van der Waals surface area (Å²) in [4.78, 5) is 27.0. The van der Waals surface area contributed by atoms with Crippen LogP contribution in [0, 0.1) is 0 Å². The van der Waals surface area contributed by atoms with Gasteiger partial charge in [-0.1, -0.05) is 47.5 Å². The highest BCUT2D eigenvalue weighted by Crippen LogP contribution is 2.34. The molecule has 11 heteroatoms. The second kappa shape index (κ2) is 8.07. The Morgan fingerprint density at radius 1 is 1.13 bits per heavy atom. The first kappa shape index (κ1) is 20.9. The van der Waals surface area contributed by atoms with Gasteiger partial charge in [-0.15, -0.1) is 11.3 Å². The van der Waals surface area contributed by atoms with E-state index in [0.717, 1.165) is 22.5 Å². The molecule has 3 aromatic rings. The van der Waals surface area contributed by atoms with Crippen LogP contribution in [0.4, 0.5) is 0 Å². The highest BCUT2D eigenvalue weighted by atomic mass is 35.5. The summed E-state index contributed by atoms with van der Waals surface area (Å²) in [5, 5.41) is 0. The first-order valence-corrected chi connectivity index (χ1v) is 11.7. The van der Waals surface area contributed by atoms with Crippen LogP contribution in [0.3, 0.4) is 0 Å². The first-order chi connectivity index (χ1) is 14.3. The van der Waals surface area contributed by atoms with E-state index in [9.17, 15) is 18.0 Å². The molecule has 0 spiro atoms. The predicted octanol–water partition coefficient (Wildman–Crippen LogP) is 3.72. The van der Waals surface area contributed by atoms with Gasteiger partial charge in [-0.3, -0.25) is 9.59 Å². The maximum atomic E-state index is 13.0. The zero-order chi connectivity index (χ0) is 21.5. The lowest BCUT2D eigenvalue weighted by Gasteiger charge is -2.35. The molecule has 30 heavy (non-hydrogen) atoms. The number of nitrogens with one attached hydrogen (secondary N) is 1. The van der Waals surface area contributed by atoms with Crippen LogP contribution in [0.2, 0.25) is 8.67 Å². The molecule has 156 valence electrons. The van der Waals surface area contributed by atoms with E-state index in [4.69, 9.17) is 27.6 Å². The second-order valence-corrected chi connectivity index (χ2v) is 10.5. The van der Waals surface area contributed by atoms with Crippen LogP contribution in [-0.4, -0.2) is 31.2 Å². The van der Waals surface area contributed by atoms with Crippen molar-refractivity contribution in [1.29, 1.82) is 0 Å². The molecule has 1 N–H and O–H groups in total. The van der Waals surface area contributed by atoms with Crippen molar-refractivity contribution in [3.05, 3.63) is 74.3 Å². The molecule has 1 aliphatic rings. The van der Waals surface area contributed by atoms with Crippen LogP contribution < -0.4 is 4.72 Å². The van der Waals surface area contributed by atoms with Gasteiger partial charge in [-0.05, 0) is 29.3 Å². The minimum Gasteiger partial charge on any atom is -0.459 e. The number of rotatable bonds is 4. The molecule has 3 heterocycles. The van der Waals surface area contributed by atoms with E-state index in [1.807, 2.05) is 29.0 Å². The van der Waals surface area contributed by atoms with Crippen LogP contribution in [0.15, 0.2) is 58.0 Å². The molecule has 7 nitrogen and oxygen atoms in total. The summed E-state index contributed by atoms with van der Waals surface area (Å²) in [5.74, 6) is -1.30. The topological polar surface area (TPSA) is 96.7 Å². The molecule has 0 radical (unpaired) electrons. The lowest BCUT2D eigenvalue weighted by molar-refractivity contribution is -0.124. The van der Waals surface area contributed by atoms with E-state index < -0.39 is 27.9 Å². The summed E-state index contributed by atoms with van der Waals surface area (Å²) in [5.41, 5.74) is 1.73. The normalized spacial score (nSPS) is 16.2. The fourth-order valence-corrected chi connectivity index (χ4v) is 6.44. The van der Waals surface area contributed by atoms with E-state index in [0.29, 0.717) is 0 Å². The number of hydrogen-bond donors (Lipinski definition) is 1. The van der Waals surface area contributed by atoms with Gasteiger partial charge in [0, 0.05) is 13.0 Å². The third-order valence-electron chi connectivity index (χ3n) is 4.69. The first-order valence-electron chi connectivity index (χ1n) is 8.69. The molecule has 0 saturated heterocycles. The molecule has 2 aromatic heterocycles. The van der Waals surface area contributed by atoms with Crippen molar-refractivity contribution in [2.45, 2.75) is 23.9 Å². The number of thiophene rings is 1. The minimum atomic E-state index is -4.27. The number of carbonyl (C=O) groups is 2. The Hall–Kier alpha value is -2.33. The van der Waals surface area contributed by atoms with Gasteiger partial charge >= 0.3 is 0 Å².